The summed E-state index contributed by atoms with van der Waals surface area (Å²) in [6, 6.07) is 6.95. The van der Waals surface area contributed by atoms with E-state index in [4.69, 9.17) is 9.47 Å². The first-order valence-corrected chi connectivity index (χ1v) is 7.66. The first kappa shape index (κ1) is 13.7. The van der Waals surface area contributed by atoms with Crippen LogP contribution in [0, 0.1) is 0 Å². The maximum absolute atomic E-state index is 5.77. The van der Waals surface area contributed by atoms with Gasteiger partial charge in [0.2, 0.25) is 0 Å². The van der Waals surface area contributed by atoms with Gasteiger partial charge >= 0.3 is 0 Å². The van der Waals surface area contributed by atoms with E-state index in [-0.39, 0.29) is 0 Å². The van der Waals surface area contributed by atoms with Crippen molar-refractivity contribution in [2.24, 2.45) is 0 Å². The molecule has 110 valence electrons. The van der Waals surface area contributed by atoms with Gasteiger partial charge in [-0.25, -0.2) is 0 Å². The zero-order chi connectivity index (χ0) is 13.8. The van der Waals surface area contributed by atoms with Crippen molar-refractivity contribution in [1.82, 2.24) is 10.2 Å². The quantitative estimate of drug-likeness (QED) is 0.911. The van der Waals surface area contributed by atoms with Gasteiger partial charge in [0.1, 0.15) is 0 Å². The molecule has 0 radical (unpaired) electrons. The van der Waals surface area contributed by atoms with E-state index in [0.717, 1.165) is 63.7 Å². The van der Waals surface area contributed by atoms with E-state index in [1.807, 2.05) is 0 Å². The summed E-state index contributed by atoms with van der Waals surface area (Å²) in [6.07, 6.45) is 2.03. The van der Waals surface area contributed by atoms with Crippen molar-refractivity contribution in [2.45, 2.75) is 25.8 Å². The minimum Gasteiger partial charge on any atom is -0.490 e. The van der Waals surface area contributed by atoms with Crippen LogP contribution in [0.5, 0.6) is 11.5 Å². The summed E-state index contributed by atoms with van der Waals surface area (Å²) >= 11 is 0. The fourth-order valence-electron chi connectivity index (χ4n) is 2.93. The molecule has 0 saturated carbocycles. The van der Waals surface area contributed by atoms with Crippen molar-refractivity contribution < 1.29 is 9.47 Å². The lowest BCUT2D eigenvalue weighted by atomic mass is 10.0. The molecule has 2 heterocycles. The number of nitrogens with one attached hydrogen (secondary N) is 1. The van der Waals surface area contributed by atoms with E-state index in [0.29, 0.717) is 6.04 Å². The number of hydrogen-bond donors (Lipinski definition) is 1. The molecule has 1 atom stereocenters. The van der Waals surface area contributed by atoms with Gasteiger partial charge in [-0.2, -0.15) is 0 Å². The van der Waals surface area contributed by atoms with Gasteiger partial charge in [-0.15, -0.1) is 0 Å². The van der Waals surface area contributed by atoms with E-state index in [1.54, 1.807) is 0 Å². The third-order valence-corrected chi connectivity index (χ3v) is 4.12. The van der Waals surface area contributed by atoms with Crippen molar-refractivity contribution in [2.75, 3.05) is 39.4 Å². The average Bonchev–Trinajstić information content (AvgIpc) is 2.73. The molecule has 1 saturated heterocycles. The van der Waals surface area contributed by atoms with Crippen LogP contribution >= 0.6 is 0 Å². The van der Waals surface area contributed by atoms with Gasteiger partial charge < -0.3 is 14.8 Å². The van der Waals surface area contributed by atoms with Crippen LogP contribution in [0.15, 0.2) is 18.2 Å². The Balaban J connectivity index is 1.66. The lowest BCUT2D eigenvalue weighted by Gasteiger charge is -2.33. The number of fused-ring (bicyclic) bond motifs is 1. The Morgan fingerprint density at radius 3 is 2.70 bits per heavy atom. The fraction of sp³-hybridized carbons (Fsp3) is 0.625. The molecular formula is C16H24N2O2. The van der Waals surface area contributed by atoms with Crippen LogP contribution in [0.1, 0.15) is 18.9 Å². The molecule has 3 rings (SSSR count). The van der Waals surface area contributed by atoms with E-state index < -0.39 is 0 Å². The minimum absolute atomic E-state index is 0.571. The molecule has 1 aromatic carbocycles. The van der Waals surface area contributed by atoms with Gasteiger partial charge in [0.15, 0.2) is 11.5 Å². The molecule has 0 bridgehead atoms. The van der Waals surface area contributed by atoms with Crippen LogP contribution in [-0.4, -0.2) is 50.3 Å². The molecule has 1 aromatic rings. The number of ether oxygens (including phenoxy) is 2. The topological polar surface area (TPSA) is 33.7 Å². The molecule has 2 aliphatic heterocycles. The Labute approximate surface area is 121 Å². The van der Waals surface area contributed by atoms with Gasteiger partial charge in [0.25, 0.3) is 0 Å². The summed E-state index contributed by atoms with van der Waals surface area (Å²) in [5, 5.41) is 3.40. The third-order valence-electron chi connectivity index (χ3n) is 4.12. The Morgan fingerprint density at radius 1 is 1.15 bits per heavy atom. The standard InChI is InChI=1S/C16H24N2O2/c1-13(18-7-5-17-6-8-18)11-14-3-4-15-16(12-14)20-10-2-9-19-15/h3-4,12-13,17H,2,5-11H2,1H3. The highest BCUT2D eigenvalue weighted by molar-refractivity contribution is 5.43. The van der Waals surface area contributed by atoms with Crippen molar-refractivity contribution in [3.05, 3.63) is 23.8 Å². The predicted molar refractivity (Wildman–Crippen MR) is 79.7 cm³/mol. The van der Waals surface area contributed by atoms with Crippen molar-refractivity contribution in [3.8, 4) is 11.5 Å². The first-order valence-electron chi connectivity index (χ1n) is 7.66. The second-order valence-corrected chi connectivity index (χ2v) is 5.67. The van der Waals surface area contributed by atoms with E-state index in [2.05, 4.69) is 35.3 Å². The van der Waals surface area contributed by atoms with Gasteiger partial charge in [0.05, 0.1) is 13.2 Å². The number of nitrogens with zero attached hydrogens (tertiary/aromatic N) is 1. The van der Waals surface area contributed by atoms with Crippen LogP contribution in [0.2, 0.25) is 0 Å². The SMILES string of the molecule is CC(Cc1ccc2c(c1)OCCCO2)N1CCNCC1. The summed E-state index contributed by atoms with van der Waals surface area (Å²) < 4.78 is 11.4. The van der Waals surface area contributed by atoms with Gasteiger partial charge in [-0.3, -0.25) is 4.90 Å². The largest absolute Gasteiger partial charge is 0.490 e. The van der Waals surface area contributed by atoms with Crippen LogP contribution in [0.25, 0.3) is 0 Å². The Hall–Kier alpha value is -1.26. The molecule has 0 spiro atoms. The van der Waals surface area contributed by atoms with Gasteiger partial charge in [-0.1, -0.05) is 6.07 Å². The Bertz CT molecular complexity index is 444. The minimum atomic E-state index is 0.571. The summed E-state index contributed by atoms with van der Waals surface area (Å²) in [5.41, 5.74) is 1.33. The summed E-state index contributed by atoms with van der Waals surface area (Å²) in [7, 11) is 0. The molecule has 4 nitrogen and oxygen atoms in total. The molecule has 20 heavy (non-hydrogen) atoms. The van der Waals surface area contributed by atoms with Crippen LogP contribution in [0.4, 0.5) is 0 Å². The first-order chi connectivity index (χ1) is 9.83. The second-order valence-electron chi connectivity index (χ2n) is 5.67. The summed E-state index contributed by atoms with van der Waals surface area (Å²) in [4.78, 5) is 2.56. The summed E-state index contributed by atoms with van der Waals surface area (Å²) in [6.45, 7) is 8.32. The zero-order valence-electron chi connectivity index (χ0n) is 12.2. The molecular weight excluding hydrogens is 252 g/mol. The van der Waals surface area contributed by atoms with Crippen LogP contribution < -0.4 is 14.8 Å². The molecule has 0 aromatic heterocycles. The van der Waals surface area contributed by atoms with Gasteiger partial charge in [0, 0.05) is 38.6 Å². The lowest BCUT2D eigenvalue weighted by molar-refractivity contribution is 0.183. The molecule has 1 N–H and O–H groups in total. The van der Waals surface area contributed by atoms with Crippen LogP contribution in [0.3, 0.4) is 0 Å². The van der Waals surface area contributed by atoms with Crippen LogP contribution in [-0.2, 0) is 6.42 Å². The van der Waals surface area contributed by atoms with E-state index in [1.165, 1.54) is 5.56 Å². The number of rotatable bonds is 3. The van der Waals surface area contributed by atoms with Crippen molar-refractivity contribution in [1.29, 1.82) is 0 Å². The highest BCUT2D eigenvalue weighted by Gasteiger charge is 2.18. The highest BCUT2D eigenvalue weighted by Crippen LogP contribution is 2.31. The Kier molecular flexibility index (Phi) is 4.43. The van der Waals surface area contributed by atoms with E-state index >= 15 is 0 Å². The maximum Gasteiger partial charge on any atom is 0.161 e. The summed E-state index contributed by atoms with van der Waals surface area (Å²) in [5.74, 6) is 1.80. The molecule has 1 fully saturated rings. The maximum atomic E-state index is 5.77. The smallest absolute Gasteiger partial charge is 0.161 e. The normalized spacial score (nSPS) is 21.2. The number of hydrogen-bond acceptors (Lipinski definition) is 4. The average molecular weight is 276 g/mol. The number of piperazine rings is 1. The monoisotopic (exact) mass is 276 g/mol. The second kappa shape index (κ2) is 6.46. The Morgan fingerprint density at radius 2 is 1.90 bits per heavy atom. The predicted octanol–water partition coefficient (Wildman–Crippen LogP) is 1.68. The molecule has 2 aliphatic rings. The zero-order valence-corrected chi connectivity index (χ0v) is 12.2. The van der Waals surface area contributed by atoms with Crippen molar-refractivity contribution >= 4 is 0 Å². The molecule has 4 heteroatoms. The lowest BCUT2D eigenvalue weighted by Crippen LogP contribution is -2.48. The number of benzene rings is 1. The fourth-order valence-corrected chi connectivity index (χ4v) is 2.93. The van der Waals surface area contributed by atoms with Crippen molar-refractivity contribution in [3.63, 3.8) is 0 Å². The molecule has 0 amide bonds. The molecule has 1 unspecified atom stereocenters. The van der Waals surface area contributed by atoms with E-state index in [9.17, 15) is 0 Å². The highest BCUT2D eigenvalue weighted by atomic mass is 16.5. The van der Waals surface area contributed by atoms with Gasteiger partial charge in [-0.05, 0) is 31.0 Å². The molecule has 0 aliphatic carbocycles. The third kappa shape index (κ3) is 3.25.